The van der Waals surface area contributed by atoms with Gasteiger partial charge in [-0.2, -0.15) is 13.2 Å². The standard InChI is InChI=1S/C21H17F4N3O2/c1-12(13-3-2-6-26-10-13)28-20(30)16-8-14(18-5-4-17(22)11-27-18)7-15(9-16)19(29)21(23,24)25/h2-12,19,29H,1H3,(H,28,30). The van der Waals surface area contributed by atoms with Crippen LogP contribution in [0.1, 0.15) is 40.6 Å². The fourth-order valence-corrected chi connectivity index (χ4v) is 2.82. The van der Waals surface area contributed by atoms with Crippen molar-refractivity contribution in [3.05, 3.63) is 83.6 Å². The third-order valence-electron chi connectivity index (χ3n) is 4.40. The van der Waals surface area contributed by atoms with Gasteiger partial charge in [0.05, 0.1) is 17.9 Å². The van der Waals surface area contributed by atoms with Crippen molar-refractivity contribution in [2.75, 3.05) is 0 Å². The molecule has 156 valence electrons. The second-order valence-corrected chi connectivity index (χ2v) is 6.63. The summed E-state index contributed by atoms with van der Waals surface area (Å²) in [6, 6.07) is 8.71. The molecular formula is C21H17F4N3O2. The molecule has 0 saturated carbocycles. The van der Waals surface area contributed by atoms with Gasteiger partial charge in [0, 0.05) is 23.5 Å². The van der Waals surface area contributed by atoms with Crippen molar-refractivity contribution in [2.45, 2.75) is 25.2 Å². The molecule has 2 N–H and O–H groups in total. The Hall–Kier alpha value is -3.33. The van der Waals surface area contributed by atoms with Crippen LogP contribution in [-0.4, -0.2) is 27.2 Å². The van der Waals surface area contributed by atoms with E-state index in [0.717, 1.165) is 24.4 Å². The van der Waals surface area contributed by atoms with Gasteiger partial charge in [-0.05, 0) is 54.4 Å². The van der Waals surface area contributed by atoms with E-state index in [9.17, 15) is 27.5 Å². The number of carbonyl (C=O) groups excluding carboxylic acids is 1. The number of aromatic nitrogens is 2. The van der Waals surface area contributed by atoms with Crippen LogP contribution in [0.4, 0.5) is 17.6 Å². The van der Waals surface area contributed by atoms with E-state index in [1.165, 1.54) is 12.1 Å². The smallest absolute Gasteiger partial charge is 0.379 e. The highest BCUT2D eigenvalue weighted by Gasteiger charge is 2.39. The average Bonchev–Trinajstić information content (AvgIpc) is 2.73. The molecule has 2 aromatic heterocycles. The Morgan fingerprint density at radius 3 is 2.47 bits per heavy atom. The van der Waals surface area contributed by atoms with Crippen LogP contribution < -0.4 is 5.32 Å². The molecule has 2 heterocycles. The number of nitrogens with zero attached hydrogens (tertiary/aromatic N) is 2. The van der Waals surface area contributed by atoms with Gasteiger partial charge < -0.3 is 10.4 Å². The first-order valence-electron chi connectivity index (χ1n) is 8.87. The van der Waals surface area contributed by atoms with Crippen molar-refractivity contribution >= 4 is 5.91 Å². The lowest BCUT2D eigenvalue weighted by Crippen LogP contribution is -2.27. The second-order valence-electron chi connectivity index (χ2n) is 6.63. The molecule has 3 rings (SSSR count). The number of aliphatic hydroxyl groups excluding tert-OH is 1. The number of hydrogen-bond donors (Lipinski definition) is 2. The van der Waals surface area contributed by atoms with E-state index < -0.39 is 35.6 Å². The van der Waals surface area contributed by atoms with Crippen LogP contribution in [0.15, 0.2) is 61.1 Å². The van der Waals surface area contributed by atoms with Crippen molar-refractivity contribution in [1.82, 2.24) is 15.3 Å². The van der Waals surface area contributed by atoms with E-state index in [-0.39, 0.29) is 16.8 Å². The van der Waals surface area contributed by atoms with Crippen molar-refractivity contribution < 1.29 is 27.5 Å². The molecular weight excluding hydrogens is 402 g/mol. The maximum atomic E-state index is 13.2. The second kappa shape index (κ2) is 8.58. The summed E-state index contributed by atoms with van der Waals surface area (Å²) < 4.78 is 52.3. The van der Waals surface area contributed by atoms with E-state index in [4.69, 9.17) is 0 Å². The molecule has 1 aromatic carbocycles. The third kappa shape index (κ3) is 4.98. The molecule has 30 heavy (non-hydrogen) atoms. The molecule has 0 bridgehead atoms. The highest BCUT2D eigenvalue weighted by Crippen LogP contribution is 2.35. The normalized spacial score (nSPS) is 13.5. The predicted octanol–water partition coefficient (Wildman–Crippen LogP) is 4.37. The lowest BCUT2D eigenvalue weighted by atomic mass is 9.98. The molecule has 1 amide bonds. The van der Waals surface area contributed by atoms with Crippen molar-refractivity contribution in [3.63, 3.8) is 0 Å². The Kier molecular flexibility index (Phi) is 6.12. The molecule has 0 aliphatic carbocycles. The van der Waals surface area contributed by atoms with Gasteiger partial charge in [0.25, 0.3) is 5.91 Å². The van der Waals surface area contributed by atoms with Crippen LogP contribution in [0.5, 0.6) is 0 Å². The first-order valence-corrected chi connectivity index (χ1v) is 8.87. The van der Waals surface area contributed by atoms with Gasteiger partial charge in [-0.15, -0.1) is 0 Å². The Bertz CT molecular complexity index is 1020. The molecule has 3 aromatic rings. The molecule has 5 nitrogen and oxygen atoms in total. The number of hydrogen-bond acceptors (Lipinski definition) is 4. The van der Waals surface area contributed by atoms with Crippen LogP contribution in [0.25, 0.3) is 11.3 Å². The van der Waals surface area contributed by atoms with E-state index >= 15 is 0 Å². The Morgan fingerprint density at radius 1 is 1.10 bits per heavy atom. The number of benzene rings is 1. The summed E-state index contributed by atoms with van der Waals surface area (Å²) in [4.78, 5) is 20.5. The molecule has 0 radical (unpaired) electrons. The molecule has 0 spiro atoms. The summed E-state index contributed by atoms with van der Waals surface area (Å²) >= 11 is 0. The van der Waals surface area contributed by atoms with Gasteiger partial charge in [0.15, 0.2) is 6.10 Å². The van der Waals surface area contributed by atoms with Crippen LogP contribution in [0.3, 0.4) is 0 Å². The van der Waals surface area contributed by atoms with Gasteiger partial charge in [-0.3, -0.25) is 14.8 Å². The summed E-state index contributed by atoms with van der Waals surface area (Å²) in [7, 11) is 0. The van der Waals surface area contributed by atoms with Gasteiger partial charge >= 0.3 is 6.18 Å². The highest BCUT2D eigenvalue weighted by molar-refractivity contribution is 5.96. The Morgan fingerprint density at radius 2 is 1.87 bits per heavy atom. The quantitative estimate of drug-likeness (QED) is 0.603. The maximum Gasteiger partial charge on any atom is 0.418 e. The zero-order valence-electron chi connectivity index (χ0n) is 15.7. The molecule has 0 aliphatic rings. The average molecular weight is 419 g/mol. The maximum absolute atomic E-state index is 13.2. The van der Waals surface area contributed by atoms with Gasteiger partial charge in [0.2, 0.25) is 0 Å². The third-order valence-corrected chi connectivity index (χ3v) is 4.40. The van der Waals surface area contributed by atoms with E-state index in [0.29, 0.717) is 5.56 Å². The largest absolute Gasteiger partial charge is 0.418 e. The van der Waals surface area contributed by atoms with Crippen LogP contribution in [0, 0.1) is 5.82 Å². The Balaban J connectivity index is 1.98. The zero-order chi connectivity index (χ0) is 21.9. The summed E-state index contributed by atoms with van der Waals surface area (Å²) in [5, 5.41) is 12.4. The molecule has 0 fully saturated rings. The van der Waals surface area contributed by atoms with Crippen LogP contribution in [0.2, 0.25) is 0 Å². The SMILES string of the molecule is CC(NC(=O)c1cc(-c2ccc(F)cn2)cc(C(O)C(F)(F)F)c1)c1cccnc1. The molecule has 2 atom stereocenters. The molecule has 0 saturated heterocycles. The number of halogens is 4. The number of rotatable bonds is 5. The number of aliphatic hydroxyl groups is 1. The lowest BCUT2D eigenvalue weighted by Gasteiger charge is -2.18. The predicted molar refractivity (Wildman–Crippen MR) is 101 cm³/mol. The number of pyridine rings is 2. The van der Waals surface area contributed by atoms with Crippen molar-refractivity contribution in [1.29, 1.82) is 0 Å². The molecule has 0 aliphatic heterocycles. The van der Waals surface area contributed by atoms with E-state index in [1.54, 1.807) is 31.5 Å². The minimum atomic E-state index is -4.93. The van der Waals surface area contributed by atoms with Crippen molar-refractivity contribution in [3.8, 4) is 11.3 Å². The topological polar surface area (TPSA) is 75.1 Å². The summed E-state index contributed by atoms with van der Waals surface area (Å²) in [5.74, 6) is -1.26. The number of alkyl halides is 3. The molecule has 2 unspecified atom stereocenters. The van der Waals surface area contributed by atoms with Gasteiger partial charge in [-0.25, -0.2) is 4.39 Å². The van der Waals surface area contributed by atoms with E-state index in [1.807, 2.05) is 0 Å². The number of nitrogens with one attached hydrogen (secondary N) is 1. The van der Waals surface area contributed by atoms with Crippen molar-refractivity contribution in [2.24, 2.45) is 0 Å². The highest BCUT2D eigenvalue weighted by atomic mass is 19.4. The summed E-state index contributed by atoms with van der Waals surface area (Å²) in [6.07, 6.45) is -3.68. The minimum absolute atomic E-state index is 0.104. The minimum Gasteiger partial charge on any atom is -0.379 e. The Labute approximate surface area is 169 Å². The fraction of sp³-hybridized carbons (Fsp3) is 0.190. The lowest BCUT2D eigenvalue weighted by molar-refractivity contribution is -0.206. The number of carbonyl (C=O) groups is 1. The van der Waals surface area contributed by atoms with Gasteiger partial charge in [-0.1, -0.05) is 6.07 Å². The van der Waals surface area contributed by atoms with Gasteiger partial charge in [0.1, 0.15) is 5.82 Å². The first kappa shape index (κ1) is 21.4. The zero-order valence-corrected chi connectivity index (χ0v) is 15.7. The summed E-state index contributed by atoms with van der Waals surface area (Å²) in [5.41, 5.74) is 0.368. The summed E-state index contributed by atoms with van der Waals surface area (Å²) in [6.45, 7) is 1.70. The monoisotopic (exact) mass is 419 g/mol. The first-order chi connectivity index (χ1) is 14.1. The van der Waals surface area contributed by atoms with Crippen LogP contribution >= 0.6 is 0 Å². The fourth-order valence-electron chi connectivity index (χ4n) is 2.82. The number of amides is 1. The van der Waals surface area contributed by atoms with E-state index in [2.05, 4.69) is 15.3 Å². The molecule has 9 heteroatoms. The van der Waals surface area contributed by atoms with Crippen LogP contribution in [-0.2, 0) is 0 Å².